The second-order valence-corrected chi connectivity index (χ2v) is 3.82. The Balaban J connectivity index is 3.44. The fourth-order valence-electron chi connectivity index (χ4n) is 0.813. The SMILES string of the molecule is Cc1c(I)ccc(S)c1C#N. The topological polar surface area (TPSA) is 23.8 Å². The molecule has 0 saturated carbocycles. The summed E-state index contributed by atoms with van der Waals surface area (Å²) in [6.45, 7) is 1.93. The molecule has 56 valence electrons. The van der Waals surface area contributed by atoms with Crippen molar-refractivity contribution >= 4 is 35.2 Å². The number of rotatable bonds is 0. The van der Waals surface area contributed by atoms with E-state index >= 15 is 0 Å². The fourth-order valence-corrected chi connectivity index (χ4v) is 1.55. The van der Waals surface area contributed by atoms with Crippen molar-refractivity contribution in [1.29, 1.82) is 5.26 Å². The summed E-state index contributed by atoms with van der Waals surface area (Å²) in [6, 6.07) is 5.92. The Morgan fingerprint density at radius 2 is 2.18 bits per heavy atom. The first-order valence-corrected chi connectivity index (χ1v) is 4.57. The van der Waals surface area contributed by atoms with Gasteiger partial charge in [0.25, 0.3) is 0 Å². The maximum Gasteiger partial charge on any atom is 0.101 e. The van der Waals surface area contributed by atoms with Crippen molar-refractivity contribution in [3.8, 4) is 6.07 Å². The zero-order chi connectivity index (χ0) is 8.43. The summed E-state index contributed by atoms with van der Waals surface area (Å²) in [5.41, 5.74) is 1.70. The number of benzene rings is 1. The van der Waals surface area contributed by atoms with E-state index < -0.39 is 0 Å². The van der Waals surface area contributed by atoms with Crippen molar-refractivity contribution in [3.63, 3.8) is 0 Å². The van der Waals surface area contributed by atoms with E-state index in [-0.39, 0.29) is 0 Å². The van der Waals surface area contributed by atoms with Gasteiger partial charge in [-0.2, -0.15) is 5.26 Å². The third kappa shape index (κ3) is 1.68. The molecule has 1 nitrogen and oxygen atoms in total. The van der Waals surface area contributed by atoms with Crippen LogP contribution in [0.15, 0.2) is 17.0 Å². The lowest BCUT2D eigenvalue weighted by molar-refractivity contribution is 1.28. The smallest absolute Gasteiger partial charge is 0.101 e. The second-order valence-electron chi connectivity index (χ2n) is 2.18. The number of nitriles is 1. The van der Waals surface area contributed by atoms with Crippen LogP contribution >= 0.6 is 35.2 Å². The first kappa shape index (κ1) is 8.88. The summed E-state index contributed by atoms with van der Waals surface area (Å²) in [7, 11) is 0. The van der Waals surface area contributed by atoms with Crippen LogP contribution in [-0.4, -0.2) is 0 Å². The Morgan fingerprint density at radius 3 is 2.64 bits per heavy atom. The number of thiol groups is 1. The standard InChI is InChI=1S/C8H6INS/c1-5-6(4-10)8(11)3-2-7(5)9/h2-3,11H,1H3. The van der Waals surface area contributed by atoms with Gasteiger partial charge in [0.2, 0.25) is 0 Å². The van der Waals surface area contributed by atoms with Gasteiger partial charge in [-0.15, -0.1) is 12.6 Å². The van der Waals surface area contributed by atoms with Crippen LogP contribution < -0.4 is 0 Å². The maximum atomic E-state index is 8.72. The van der Waals surface area contributed by atoms with E-state index in [0.717, 1.165) is 14.0 Å². The minimum atomic E-state index is 0.681. The van der Waals surface area contributed by atoms with Crippen molar-refractivity contribution in [2.24, 2.45) is 0 Å². The van der Waals surface area contributed by atoms with E-state index in [1.807, 2.05) is 19.1 Å². The average Bonchev–Trinajstić information content (AvgIpc) is 1.99. The molecule has 0 radical (unpaired) electrons. The highest BCUT2D eigenvalue weighted by Crippen LogP contribution is 2.21. The van der Waals surface area contributed by atoms with Crippen LogP contribution in [0.3, 0.4) is 0 Å². The number of hydrogen-bond acceptors (Lipinski definition) is 2. The van der Waals surface area contributed by atoms with E-state index in [4.69, 9.17) is 5.26 Å². The van der Waals surface area contributed by atoms with Gasteiger partial charge in [-0.25, -0.2) is 0 Å². The van der Waals surface area contributed by atoms with Crippen LogP contribution in [0.1, 0.15) is 11.1 Å². The van der Waals surface area contributed by atoms with Gasteiger partial charge in [-0.3, -0.25) is 0 Å². The second kappa shape index (κ2) is 3.46. The summed E-state index contributed by atoms with van der Waals surface area (Å²) in [5, 5.41) is 8.72. The largest absolute Gasteiger partial charge is 0.192 e. The highest BCUT2D eigenvalue weighted by molar-refractivity contribution is 14.1. The van der Waals surface area contributed by atoms with E-state index in [2.05, 4.69) is 41.3 Å². The highest BCUT2D eigenvalue weighted by Gasteiger charge is 2.04. The first-order chi connectivity index (χ1) is 5.16. The quantitative estimate of drug-likeness (QED) is 0.571. The molecule has 1 rings (SSSR count). The molecule has 0 spiro atoms. The Bertz CT molecular complexity index is 328. The maximum absolute atomic E-state index is 8.72. The minimum Gasteiger partial charge on any atom is -0.192 e. The molecule has 0 aliphatic rings. The lowest BCUT2D eigenvalue weighted by Crippen LogP contribution is -1.87. The summed E-state index contributed by atoms with van der Waals surface area (Å²) in [4.78, 5) is 0.755. The van der Waals surface area contributed by atoms with E-state index in [9.17, 15) is 0 Å². The summed E-state index contributed by atoms with van der Waals surface area (Å²) in [5.74, 6) is 0. The number of nitrogens with zero attached hydrogens (tertiary/aromatic N) is 1. The normalized spacial score (nSPS) is 9.27. The van der Waals surface area contributed by atoms with Crippen molar-refractivity contribution in [1.82, 2.24) is 0 Å². The van der Waals surface area contributed by atoms with Gasteiger partial charge >= 0.3 is 0 Å². The molecular formula is C8H6INS. The minimum absolute atomic E-state index is 0.681. The van der Waals surface area contributed by atoms with Gasteiger partial charge in [-0.05, 0) is 47.2 Å². The Labute approximate surface area is 85.0 Å². The molecule has 1 aromatic carbocycles. The Kier molecular flexibility index (Phi) is 2.79. The van der Waals surface area contributed by atoms with Crippen LogP contribution in [0.4, 0.5) is 0 Å². The van der Waals surface area contributed by atoms with E-state index in [1.165, 1.54) is 0 Å². The van der Waals surface area contributed by atoms with Gasteiger partial charge < -0.3 is 0 Å². The van der Waals surface area contributed by atoms with Crippen molar-refractivity contribution in [2.45, 2.75) is 11.8 Å². The van der Waals surface area contributed by atoms with Gasteiger partial charge in [0.15, 0.2) is 0 Å². The molecule has 0 aromatic heterocycles. The summed E-state index contributed by atoms with van der Waals surface area (Å²) >= 11 is 6.37. The van der Waals surface area contributed by atoms with Crippen LogP contribution in [0, 0.1) is 21.8 Å². The van der Waals surface area contributed by atoms with Gasteiger partial charge in [-0.1, -0.05) is 0 Å². The average molecular weight is 275 g/mol. The van der Waals surface area contributed by atoms with Crippen molar-refractivity contribution < 1.29 is 0 Å². The molecule has 0 bridgehead atoms. The van der Waals surface area contributed by atoms with Crippen LogP contribution in [0.5, 0.6) is 0 Å². The van der Waals surface area contributed by atoms with Gasteiger partial charge in [0.1, 0.15) is 6.07 Å². The molecule has 0 amide bonds. The molecule has 0 heterocycles. The molecular weight excluding hydrogens is 269 g/mol. The Hall–Kier alpha value is -0.210. The molecule has 0 saturated heterocycles. The van der Waals surface area contributed by atoms with Crippen molar-refractivity contribution in [2.75, 3.05) is 0 Å². The summed E-state index contributed by atoms with van der Waals surface area (Å²) in [6.07, 6.45) is 0. The molecule has 0 unspecified atom stereocenters. The van der Waals surface area contributed by atoms with Crippen LogP contribution in [0.25, 0.3) is 0 Å². The lowest BCUT2D eigenvalue weighted by Gasteiger charge is -2.01. The monoisotopic (exact) mass is 275 g/mol. The Morgan fingerprint density at radius 1 is 1.55 bits per heavy atom. The number of halogens is 1. The zero-order valence-corrected chi connectivity index (χ0v) is 8.98. The molecule has 0 N–H and O–H groups in total. The molecule has 0 aliphatic carbocycles. The molecule has 0 atom stereocenters. The van der Waals surface area contributed by atoms with Gasteiger partial charge in [0, 0.05) is 8.47 Å². The van der Waals surface area contributed by atoms with Crippen LogP contribution in [0.2, 0.25) is 0 Å². The number of hydrogen-bond donors (Lipinski definition) is 1. The van der Waals surface area contributed by atoms with Crippen LogP contribution in [-0.2, 0) is 0 Å². The van der Waals surface area contributed by atoms with Gasteiger partial charge in [0.05, 0.1) is 5.56 Å². The third-order valence-corrected chi connectivity index (χ3v) is 3.03. The van der Waals surface area contributed by atoms with E-state index in [0.29, 0.717) is 5.56 Å². The molecule has 1 aromatic rings. The summed E-state index contributed by atoms with van der Waals surface area (Å²) < 4.78 is 1.11. The molecule has 0 fully saturated rings. The highest BCUT2D eigenvalue weighted by atomic mass is 127. The molecule has 11 heavy (non-hydrogen) atoms. The third-order valence-electron chi connectivity index (χ3n) is 1.49. The first-order valence-electron chi connectivity index (χ1n) is 3.05. The zero-order valence-electron chi connectivity index (χ0n) is 5.93. The molecule has 3 heteroatoms. The molecule has 0 aliphatic heterocycles. The fraction of sp³-hybridized carbons (Fsp3) is 0.125. The van der Waals surface area contributed by atoms with Crippen molar-refractivity contribution in [3.05, 3.63) is 26.8 Å². The predicted octanol–water partition coefficient (Wildman–Crippen LogP) is 2.76. The van der Waals surface area contributed by atoms with E-state index in [1.54, 1.807) is 0 Å². The lowest BCUT2D eigenvalue weighted by atomic mass is 10.1. The predicted molar refractivity (Wildman–Crippen MR) is 55.9 cm³/mol.